The molecule has 0 aliphatic heterocycles. The largest absolute Gasteiger partial charge is 0.454 e. The van der Waals surface area contributed by atoms with Gasteiger partial charge >= 0.3 is 12.1 Å². The molecule has 1 heterocycles. The van der Waals surface area contributed by atoms with Crippen molar-refractivity contribution in [3.05, 3.63) is 64.5 Å². The van der Waals surface area contributed by atoms with Crippen LogP contribution >= 0.6 is 0 Å². The number of rotatable bonds is 8. The monoisotopic (exact) mass is 423 g/mol. The molecular weight excluding hydrogens is 399 g/mol. The van der Waals surface area contributed by atoms with E-state index in [1.54, 1.807) is 13.2 Å². The first-order valence-corrected chi connectivity index (χ1v) is 9.27. The summed E-state index contributed by atoms with van der Waals surface area (Å²) < 4.78 is 50.3. The molecule has 162 valence electrons. The third-order valence-electron chi connectivity index (χ3n) is 4.60. The molecular formula is C22H24F3NO4. The minimum absolute atomic E-state index is 0.0366. The van der Waals surface area contributed by atoms with Gasteiger partial charge in [-0.2, -0.15) is 13.2 Å². The summed E-state index contributed by atoms with van der Waals surface area (Å²) in [5.41, 5.74) is 1.47. The number of ketones is 1. The third-order valence-corrected chi connectivity index (χ3v) is 4.60. The number of hydrogen-bond acceptors (Lipinski definition) is 4. The minimum Gasteiger partial charge on any atom is -0.454 e. The fourth-order valence-corrected chi connectivity index (χ4v) is 3.30. The average Bonchev–Trinajstić information content (AvgIpc) is 2.98. The Kier molecular flexibility index (Phi) is 7.61. The highest BCUT2D eigenvalue weighted by Gasteiger charge is 2.30. The summed E-state index contributed by atoms with van der Waals surface area (Å²) in [4.78, 5) is 24.4. The maximum absolute atomic E-state index is 12.7. The summed E-state index contributed by atoms with van der Waals surface area (Å²) in [6.07, 6.45) is -2.27. The van der Waals surface area contributed by atoms with Crippen LogP contribution in [0.2, 0.25) is 0 Å². The van der Waals surface area contributed by atoms with E-state index in [9.17, 15) is 22.8 Å². The molecule has 0 aliphatic rings. The Labute approximate surface area is 173 Å². The van der Waals surface area contributed by atoms with Crippen LogP contribution in [-0.4, -0.2) is 36.6 Å². The first kappa shape index (κ1) is 23.4. The fourth-order valence-electron chi connectivity index (χ4n) is 3.30. The van der Waals surface area contributed by atoms with Gasteiger partial charge in [0.15, 0.2) is 6.61 Å². The molecule has 0 radical (unpaired) electrons. The van der Waals surface area contributed by atoms with Crippen molar-refractivity contribution in [2.24, 2.45) is 0 Å². The Morgan fingerprint density at radius 3 is 2.53 bits per heavy atom. The number of aromatic nitrogens is 1. The van der Waals surface area contributed by atoms with Crippen molar-refractivity contribution in [3.63, 3.8) is 0 Å². The van der Waals surface area contributed by atoms with Crippen molar-refractivity contribution in [1.82, 2.24) is 4.57 Å². The van der Waals surface area contributed by atoms with Crippen LogP contribution in [0.4, 0.5) is 13.2 Å². The lowest BCUT2D eigenvalue weighted by atomic mass is 10.1. The van der Waals surface area contributed by atoms with Gasteiger partial charge in [-0.25, -0.2) is 4.79 Å². The third kappa shape index (κ3) is 5.82. The van der Waals surface area contributed by atoms with Gasteiger partial charge < -0.3 is 14.0 Å². The molecule has 2 aromatic rings. The van der Waals surface area contributed by atoms with Crippen LogP contribution in [0, 0.1) is 13.8 Å². The number of aryl methyl sites for hydroxylation is 1. The van der Waals surface area contributed by atoms with E-state index in [2.05, 4.69) is 0 Å². The van der Waals surface area contributed by atoms with Gasteiger partial charge in [0, 0.05) is 30.1 Å². The van der Waals surface area contributed by atoms with Gasteiger partial charge in [-0.15, -0.1) is 0 Å². The molecule has 1 atom stereocenters. The van der Waals surface area contributed by atoms with Crippen LogP contribution in [0.1, 0.15) is 45.8 Å². The minimum atomic E-state index is -4.47. The lowest BCUT2D eigenvalue weighted by Gasteiger charge is -2.17. The number of ether oxygens (including phenoxy) is 2. The Morgan fingerprint density at radius 1 is 1.20 bits per heavy atom. The number of esters is 1. The number of hydrogen-bond donors (Lipinski definition) is 0. The van der Waals surface area contributed by atoms with Crippen molar-refractivity contribution < 1.29 is 32.2 Å². The molecule has 30 heavy (non-hydrogen) atoms. The van der Waals surface area contributed by atoms with E-state index in [0.717, 1.165) is 29.6 Å². The SMILES string of the molecule is COCC(C)n1c(C)cc(C(=O)COC(=O)/C=C/c2cccc(C(F)(F)F)c2)c1C. The first-order valence-electron chi connectivity index (χ1n) is 9.27. The molecule has 5 nitrogen and oxygen atoms in total. The number of benzene rings is 1. The van der Waals surface area contributed by atoms with Crippen LogP contribution in [0.5, 0.6) is 0 Å². The summed E-state index contributed by atoms with van der Waals surface area (Å²) >= 11 is 0. The van der Waals surface area contributed by atoms with Crippen LogP contribution < -0.4 is 0 Å². The molecule has 0 saturated heterocycles. The van der Waals surface area contributed by atoms with Crippen LogP contribution in [0.25, 0.3) is 6.08 Å². The van der Waals surface area contributed by atoms with Gasteiger partial charge in [0.1, 0.15) is 0 Å². The summed E-state index contributed by atoms with van der Waals surface area (Å²) in [7, 11) is 1.60. The average molecular weight is 423 g/mol. The van der Waals surface area contributed by atoms with E-state index in [1.165, 1.54) is 18.2 Å². The molecule has 0 N–H and O–H groups in total. The maximum atomic E-state index is 12.7. The standard InChI is InChI=1S/C22H24F3NO4/c1-14-10-19(16(3)26(14)15(2)12-29-4)20(27)13-30-21(28)9-8-17-6-5-7-18(11-17)22(23,24)25/h5-11,15H,12-13H2,1-4H3/b9-8+. The highest BCUT2D eigenvalue weighted by molar-refractivity contribution is 6.00. The molecule has 0 aliphatic carbocycles. The van der Waals surface area contributed by atoms with Crippen molar-refractivity contribution in [1.29, 1.82) is 0 Å². The molecule has 0 saturated carbocycles. The second-order valence-electron chi connectivity index (χ2n) is 6.95. The van der Waals surface area contributed by atoms with E-state index in [-0.39, 0.29) is 17.4 Å². The molecule has 2 rings (SSSR count). The number of carbonyl (C=O) groups is 2. The number of methoxy groups -OCH3 is 1. The topological polar surface area (TPSA) is 57.5 Å². The summed E-state index contributed by atoms with van der Waals surface area (Å²) in [6, 6.07) is 6.31. The predicted molar refractivity (Wildman–Crippen MR) is 106 cm³/mol. The molecule has 0 fully saturated rings. The number of alkyl halides is 3. The number of nitrogens with zero attached hydrogens (tertiary/aromatic N) is 1. The second-order valence-corrected chi connectivity index (χ2v) is 6.95. The van der Waals surface area contributed by atoms with E-state index in [1.807, 2.05) is 25.3 Å². The Morgan fingerprint density at radius 2 is 1.90 bits per heavy atom. The van der Waals surface area contributed by atoms with E-state index >= 15 is 0 Å². The number of Topliss-reactive ketones (excluding diaryl/α,β-unsaturated/α-hetero) is 1. The molecule has 0 spiro atoms. The molecule has 1 aromatic heterocycles. The second kappa shape index (κ2) is 9.75. The maximum Gasteiger partial charge on any atom is 0.416 e. The molecule has 8 heteroatoms. The predicted octanol–water partition coefficient (Wildman–Crippen LogP) is 4.77. The Balaban J connectivity index is 2.01. The number of carbonyl (C=O) groups excluding carboxylic acids is 2. The van der Waals surface area contributed by atoms with Gasteiger partial charge in [-0.05, 0) is 50.6 Å². The fraction of sp³-hybridized carbons (Fsp3) is 0.364. The van der Waals surface area contributed by atoms with Gasteiger partial charge in [0.05, 0.1) is 18.2 Å². The van der Waals surface area contributed by atoms with Crippen LogP contribution in [-0.2, 0) is 20.4 Å². The van der Waals surface area contributed by atoms with Gasteiger partial charge in [0.2, 0.25) is 5.78 Å². The molecule has 1 aromatic carbocycles. The first-order chi connectivity index (χ1) is 14.0. The normalized spacial score (nSPS) is 12.9. The summed E-state index contributed by atoms with van der Waals surface area (Å²) in [6.45, 7) is 5.67. The Bertz CT molecular complexity index is 944. The molecule has 0 amide bonds. The number of halogens is 3. The van der Waals surface area contributed by atoms with E-state index in [4.69, 9.17) is 9.47 Å². The zero-order chi connectivity index (χ0) is 22.5. The van der Waals surface area contributed by atoms with Crippen molar-refractivity contribution >= 4 is 17.8 Å². The quantitative estimate of drug-likeness (QED) is 0.349. The van der Waals surface area contributed by atoms with E-state index in [0.29, 0.717) is 12.2 Å². The lowest BCUT2D eigenvalue weighted by Crippen LogP contribution is -2.16. The van der Waals surface area contributed by atoms with Gasteiger partial charge in [-0.1, -0.05) is 12.1 Å². The van der Waals surface area contributed by atoms with Crippen LogP contribution in [0.3, 0.4) is 0 Å². The molecule has 0 bridgehead atoms. The lowest BCUT2D eigenvalue weighted by molar-refractivity contribution is -0.138. The van der Waals surface area contributed by atoms with Crippen molar-refractivity contribution in [2.75, 3.05) is 20.3 Å². The smallest absolute Gasteiger partial charge is 0.416 e. The van der Waals surface area contributed by atoms with Crippen molar-refractivity contribution in [2.45, 2.75) is 33.0 Å². The highest BCUT2D eigenvalue weighted by atomic mass is 19.4. The van der Waals surface area contributed by atoms with Gasteiger partial charge in [0.25, 0.3) is 0 Å². The highest BCUT2D eigenvalue weighted by Crippen LogP contribution is 2.29. The van der Waals surface area contributed by atoms with E-state index < -0.39 is 24.3 Å². The van der Waals surface area contributed by atoms with Crippen molar-refractivity contribution in [3.8, 4) is 0 Å². The van der Waals surface area contributed by atoms with Crippen LogP contribution in [0.15, 0.2) is 36.4 Å². The zero-order valence-electron chi connectivity index (χ0n) is 17.2. The van der Waals surface area contributed by atoms with Gasteiger partial charge in [-0.3, -0.25) is 4.79 Å². The Hall–Kier alpha value is -2.87. The summed E-state index contributed by atoms with van der Waals surface area (Å²) in [5.74, 6) is -1.18. The molecule has 1 unspecified atom stereocenters. The summed E-state index contributed by atoms with van der Waals surface area (Å²) in [5, 5.41) is 0. The zero-order valence-corrected chi connectivity index (χ0v) is 17.2.